The van der Waals surface area contributed by atoms with Crippen molar-refractivity contribution in [3.05, 3.63) is 15.8 Å². The third kappa shape index (κ3) is 1.85. The number of aryl methyl sites for hydroxylation is 2. The van der Waals surface area contributed by atoms with Gasteiger partial charge in [-0.2, -0.15) is 0 Å². The third-order valence-electron chi connectivity index (χ3n) is 1.68. The van der Waals surface area contributed by atoms with Crippen molar-refractivity contribution < 1.29 is 4.74 Å². The Hall–Kier alpha value is -0.830. The van der Waals surface area contributed by atoms with Gasteiger partial charge in [-0.25, -0.2) is 4.99 Å². The van der Waals surface area contributed by atoms with Crippen LogP contribution >= 0.6 is 11.3 Å². The lowest BCUT2D eigenvalue weighted by atomic mass is 10.3. The topological polar surface area (TPSA) is 21.6 Å². The highest BCUT2D eigenvalue weighted by Gasteiger charge is 2.03. The van der Waals surface area contributed by atoms with Crippen LogP contribution < -0.4 is 0 Å². The first-order valence-corrected chi connectivity index (χ1v) is 4.67. The van der Waals surface area contributed by atoms with Gasteiger partial charge in [0.2, 0.25) is 0 Å². The monoisotopic (exact) mass is 183 g/mol. The Morgan fingerprint density at radius 3 is 2.58 bits per heavy atom. The minimum Gasteiger partial charge on any atom is -0.484 e. The Morgan fingerprint density at radius 1 is 1.50 bits per heavy atom. The normalized spacial score (nSPS) is 11.8. The average molecular weight is 183 g/mol. The van der Waals surface area contributed by atoms with E-state index in [-0.39, 0.29) is 0 Å². The molecule has 0 aliphatic rings. The van der Waals surface area contributed by atoms with Gasteiger partial charge < -0.3 is 4.74 Å². The van der Waals surface area contributed by atoms with E-state index in [2.05, 4.69) is 24.2 Å². The van der Waals surface area contributed by atoms with Crippen LogP contribution in [0.2, 0.25) is 0 Å². The molecule has 1 aromatic heterocycles. The molecule has 0 radical (unpaired) electrons. The minimum atomic E-state index is 0.708. The number of hydrogen-bond acceptors (Lipinski definition) is 3. The Morgan fingerprint density at radius 2 is 2.17 bits per heavy atom. The molecule has 0 aromatic carbocycles. The number of methoxy groups -OCH3 is 1. The highest BCUT2D eigenvalue weighted by molar-refractivity contribution is 7.10. The first kappa shape index (κ1) is 9.26. The van der Waals surface area contributed by atoms with E-state index in [1.165, 1.54) is 10.4 Å². The molecule has 0 fully saturated rings. The maximum absolute atomic E-state index is 4.99. The molecular weight excluding hydrogens is 170 g/mol. The number of nitrogens with zero attached hydrogens (tertiary/aromatic N) is 1. The molecule has 0 saturated carbocycles. The molecule has 0 N–H and O–H groups in total. The zero-order valence-corrected chi connectivity index (χ0v) is 8.66. The molecule has 0 aliphatic heterocycles. The van der Waals surface area contributed by atoms with Crippen LogP contribution in [0.1, 0.15) is 17.4 Å². The second-order valence-electron chi connectivity index (χ2n) is 2.66. The molecule has 0 spiro atoms. The Balaban J connectivity index is 3.02. The van der Waals surface area contributed by atoms with Crippen molar-refractivity contribution in [1.29, 1.82) is 0 Å². The molecule has 0 atom stereocenters. The van der Waals surface area contributed by atoms with E-state index in [1.807, 2.05) is 6.92 Å². The number of rotatable bonds is 1. The summed E-state index contributed by atoms with van der Waals surface area (Å²) in [5.74, 6) is 0.708. The molecule has 0 unspecified atom stereocenters. The summed E-state index contributed by atoms with van der Waals surface area (Å²) in [6.45, 7) is 5.99. The molecule has 0 aliphatic carbocycles. The van der Waals surface area contributed by atoms with Gasteiger partial charge in [0.15, 0.2) is 5.90 Å². The van der Waals surface area contributed by atoms with Crippen molar-refractivity contribution in [2.24, 2.45) is 4.99 Å². The Labute approximate surface area is 76.9 Å². The minimum absolute atomic E-state index is 0.708. The quantitative estimate of drug-likeness (QED) is 0.484. The van der Waals surface area contributed by atoms with E-state index in [9.17, 15) is 0 Å². The summed E-state index contributed by atoms with van der Waals surface area (Å²) < 4.78 is 4.99. The summed E-state index contributed by atoms with van der Waals surface area (Å²) >= 11 is 1.72. The number of ether oxygens (including phenoxy) is 1. The number of aliphatic imine (C=N–C) groups is 1. The van der Waals surface area contributed by atoms with Crippen molar-refractivity contribution in [3.63, 3.8) is 0 Å². The molecule has 0 amide bonds. The third-order valence-corrected chi connectivity index (χ3v) is 2.70. The second-order valence-corrected chi connectivity index (χ2v) is 3.74. The van der Waals surface area contributed by atoms with Crippen LogP contribution in [-0.2, 0) is 4.74 Å². The lowest BCUT2D eigenvalue weighted by molar-refractivity contribution is 0.400. The molecule has 3 heteroatoms. The van der Waals surface area contributed by atoms with Crippen LogP contribution in [-0.4, -0.2) is 13.0 Å². The van der Waals surface area contributed by atoms with Gasteiger partial charge >= 0.3 is 0 Å². The predicted octanol–water partition coefficient (Wildman–Crippen LogP) is 3.06. The highest BCUT2D eigenvalue weighted by atomic mass is 32.1. The number of hydrogen-bond donors (Lipinski definition) is 0. The fourth-order valence-electron chi connectivity index (χ4n) is 0.936. The maximum Gasteiger partial charge on any atom is 0.184 e. The summed E-state index contributed by atoms with van der Waals surface area (Å²) in [6.07, 6.45) is 0. The van der Waals surface area contributed by atoms with E-state index in [1.54, 1.807) is 18.4 Å². The van der Waals surface area contributed by atoms with E-state index in [4.69, 9.17) is 4.74 Å². The Kier molecular flexibility index (Phi) is 2.87. The molecule has 2 nitrogen and oxygen atoms in total. The van der Waals surface area contributed by atoms with Gasteiger partial charge in [-0.05, 0) is 24.8 Å². The lowest BCUT2D eigenvalue weighted by Crippen LogP contribution is -1.92. The predicted molar refractivity (Wildman–Crippen MR) is 53.6 cm³/mol. The zero-order chi connectivity index (χ0) is 9.14. The fourth-order valence-corrected chi connectivity index (χ4v) is 1.72. The van der Waals surface area contributed by atoms with Gasteiger partial charge in [0.25, 0.3) is 0 Å². The SMILES string of the molecule is COC(C)=Nc1c(C)csc1C. The van der Waals surface area contributed by atoms with Crippen LogP contribution in [0.3, 0.4) is 0 Å². The standard InChI is InChI=1S/C9H13NOS/c1-6-5-12-7(2)9(6)10-8(3)11-4/h5H,1-4H3. The van der Waals surface area contributed by atoms with Gasteiger partial charge in [0.1, 0.15) is 0 Å². The van der Waals surface area contributed by atoms with Crippen molar-refractivity contribution in [3.8, 4) is 0 Å². The summed E-state index contributed by atoms with van der Waals surface area (Å²) in [6, 6.07) is 0. The summed E-state index contributed by atoms with van der Waals surface area (Å²) in [4.78, 5) is 5.58. The van der Waals surface area contributed by atoms with Crippen LogP contribution in [0, 0.1) is 13.8 Å². The molecule has 1 heterocycles. The largest absolute Gasteiger partial charge is 0.484 e. The van der Waals surface area contributed by atoms with Crippen molar-refractivity contribution in [1.82, 2.24) is 0 Å². The smallest absolute Gasteiger partial charge is 0.184 e. The molecular formula is C9H13NOS. The van der Waals surface area contributed by atoms with Crippen LogP contribution in [0.15, 0.2) is 10.4 Å². The second kappa shape index (κ2) is 3.72. The van der Waals surface area contributed by atoms with E-state index in [0.717, 1.165) is 5.69 Å². The van der Waals surface area contributed by atoms with E-state index >= 15 is 0 Å². The fraction of sp³-hybridized carbons (Fsp3) is 0.444. The summed E-state index contributed by atoms with van der Waals surface area (Å²) in [7, 11) is 1.63. The number of thiophene rings is 1. The van der Waals surface area contributed by atoms with Crippen molar-refractivity contribution in [2.45, 2.75) is 20.8 Å². The van der Waals surface area contributed by atoms with Crippen molar-refractivity contribution >= 4 is 22.9 Å². The maximum atomic E-state index is 4.99. The summed E-state index contributed by atoms with van der Waals surface area (Å²) in [5, 5.41) is 2.11. The first-order valence-electron chi connectivity index (χ1n) is 3.79. The van der Waals surface area contributed by atoms with Gasteiger partial charge in [-0.3, -0.25) is 0 Å². The zero-order valence-electron chi connectivity index (χ0n) is 7.84. The van der Waals surface area contributed by atoms with Gasteiger partial charge in [0, 0.05) is 11.8 Å². The Bertz CT molecular complexity index is 282. The average Bonchev–Trinajstić information content (AvgIpc) is 2.35. The molecule has 0 saturated heterocycles. The van der Waals surface area contributed by atoms with E-state index < -0.39 is 0 Å². The lowest BCUT2D eigenvalue weighted by Gasteiger charge is -1.98. The van der Waals surface area contributed by atoms with Crippen LogP contribution in [0.4, 0.5) is 5.69 Å². The van der Waals surface area contributed by atoms with Crippen LogP contribution in [0.5, 0.6) is 0 Å². The summed E-state index contributed by atoms with van der Waals surface area (Å²) in [5.41, 5.74) is 2.27. The van der Waals surface area contributed by atoms with Gasteiger partial charge in [0.05, 0.1) is 12.8 Å². The van der Waals surface area contributed by atoms with Crippen LogP contribution in [0.25, 0.3) is 0 Å². The molecule has 12 heavy (non-hydrogen) atoms. The van der Waals surface area contributed by atoms with Gasteiger partial charge in [-0.15, -0.1) is 11.3 Å². The molecule has 0 bridgehead atoms. The molecule has 66 valence electrons. The first-order chi connectivity index (χ1) is 5.65. The molecule has 1 rings (SSSR count). The molecule has 1 aromatic rings. The van der Waals surface area contributed by atoms with Gasteiger partial charge in [-0.1, -0.05) is 0 Å². The van der Waals surface area contributed by atoms with Crippen molar-refractivity contribution in [2.75, 3.05) is 7.11 Å². The van der Waals surface area contributed by atoms with E-state index in [0.29, 0.717) is 5.90 Å². The highest BCUT2D eigenvalue weighted by Crippen LogP contribution is 2.29.